The summed E-state index contributed by atoms with van der Waals surface area (Å²) < 4.78 is 10.4. The highest BCUT2D eigenvalue weighted by molar-refractivity contribution is 7.98. The fraction of sp³-hybridized carbons (Fsp3) is 0.111. The van der Waals surface area contributed by atoms with Gasteiger partial charge >= 0.3 is 5.97 Å². The molecule has 6 heteroatoms. The summed E-state index contributed by atoms with van der Waals surface area (Å²) in [5.41, 5.74) is 1.29. The maximum absolute atomic E-state index is 12.0. The predicted molar refractivity (Wildman–Crippen MR) is 93.3 cm³/mol. The Morgan fingerprint density at radius 1 is 1.12 bits per heavy atom. The van der Waals surface area contributed by atoms with Gasteiger partial charge in [0.15, 0.2) is 6.61 Å². The van der Waals surface area contributed by atoms with E-state index in [4.69, 9.17) is 9.15 Å². The first kappa shape index (κ1) is 16.1. The number of benzene rings is 2. The Hall–Kier alpha value is -2.73. The lowest BCUT2D eigenvalue weighted by molar-refractivity contribution is -0.119. The number of nitrogens with one attached hydrogen (secondary N) is 1. The van der Waals surface area contributed by atoms with Crippen molar-refractivity contribution in [2.75, 3.05) is 18.2 Å². The molecule has 5 nitrogen and oxygen atoms in total. The van der Waals surface area contributed by atoms with Crippen LogP contribution in [0.1, 0.15) is 10.6 Å². The van der Waals surface area contributed by atoms with Crippen LogP contribution >= 0.6 is 11.8 Å². The molecule has 3 rings (SSSR count). The van der Waals surface area contributed by atoms with Gasteiger partial charge in [-0.05, 0) is 30.5 Å². The van der Waals surface area contributed by atoms with Gasteiger partial charge in [0.1, 0.15) is 5.58 Å². The normalized spacial score (nSPS) is 10.5. The number of carbonyl (C=O) groups excluding carboxylic acids is 2. The Morgan fingerprint density at radius 2 is 1.88 bits per heavy atom. The molecule has 1 N–H and O–H groups in total. The molecule has 0 saturated heterocycles. The molecule has 0 spiro atoms. The van der Waals surface area contributed by atoms with E-state index >= 15 is 0 Å². The summed E-state index contributed by atoms with van der Waals surface area (Å²) in [4.78, 5) is 24.9. The second kappa shape index (κ2) is 7.23. The summed E-state index contributed by atoms with van der Waals surface area (Å²) in [5, 5.41) is 3.54. The van der Waals surface area contributed by atoms with Crippen molar-refractivity contribution in [3.8, 4) is 0 Å². The highest BCUT2D eigenvalue weighted by atomic mass is 32.2. The Morgan fingerprint density at radius 3 is 2.67 bits per heavy atom. The first-order valence-corrected chi connectivity index (χ1v) is 8.48. The molecule has 0 radical (unpaired) electrons. The maximum Gasteiger partial charge on any atom is 0.374 e. The van der Waals surface area contributed by atoms with Crippen molar-refractivity contribution >= 4 is 40.3 Å². The van der Waals surface area contributed by atoms with Crippen molar-refractivity contribution in [1.82, 2.24) is 0 Å². The number of hydrogen-bond acceptors (Lipinski definition) is 5. The van der Waals surface area contributed by atoms with E-state index in [1.165, 1.54) is 11.8 Å². The number of ether oxygens (including phenoxy) is 1. The number of para-hydroxylation sites is 2. The van der Waals surface area contributed by atoms with Gasteiger partial charge in [-0.2, -0.15) is 0 Å². The van der Waals surface area contributed by atoms with Crippen LogP contribution in [0, 0.1) is 0 Å². The molecule has 24 heavy (non-hydrogen) atoms. The summed E-state index contributed by atoms with van der Waals surface area (Å²) in [7, 11) is 0. The predicted octanol–water partition coefficient (Wildman–Crippen LogP) is 3.95. The second-order valence-corrected chi connectivity index (χ2v) is 5.82. The van der Waals surface area contributed by atoms with Crippen LogP contribution in [0.2, 0.25) is 0 Å². The fourth-order valence-corrected chi connectivity index (χ4v) is 2.77. The van der Waals surface area contributed by atoms with E-state index in [1.54, 1.807) is 18.2 Å². The van der Waals surface area contributed by atoms with E-state index in [0.717, 1.165) is 10.3 Å². The minimum Gasteiger partial charge on any atom is -0.450 e. The summed E-state index contributed by atoms with van der Waals surface area (Å²) in [6, 6.07) is 16.3. The smallest absolute Gasteiger partial charge is 0.374 e. The van der Waals surface area contributed by atoms with Crippen molar-refractivity contribution in [2.24, 2.45) is 0 Å². The number of amides is 1. The number of rotatable bonds is 5. The van der Waals surface area contributed by atoms with Crippen LogP contribution in [0.5, 0.6) is 0 Å². The highest BCUT2D eigenvalue weighted by Gasteiger charge is 2.15. The molecule has 0 aliphatic carbocycles. The zero-order valence-corrected chi connectivity index (χ0v) is 13.8. The molecule has 2 aromatic carbocycles. The van der Waals surface area contributed by atoms with Crippen molar-refractivity contribution in [1.29, 1.82) is 0 Å². The molecule has 0 aliphatic rings. The molecule has 1 heterocycles. The molecule has 3 aromatic rings. The van der Waals surface area contributed by atoms with Crippen molar-refractivity contribution in [3.05, 3.63) is 60.4 Å². The lowest BCUT2D eigenvalue weighted by Gasteiger charge is -2.09. The van der Waals surface area contributed by atoms with E-state index < -0.39 is 11.9 Å². The Bertz CT molecular complexity index is 854. The summed E-state index contributed by atoms with van der Waals surface area (Å²) >= 11 is 1.52. The molecular weight excluding hydrogens is 326 g/mol. The van der Waals surface area contributed by atoms with E-state index in [-0.39, 0.29) is 12.4 Å². The molecule has 1 aromatic heterocycles. The van der Waals surface area contributed by atoms with Crippen LogP contribution in [0.15, 0.2) is 63.9 Å². The molecule has 0 unspecified atom stereocenters. The number of anilines is 1. The lowest BCUT2D eigenvalue weighted by atomic mass is 10.2. The van der Waals surface area contributed by atoms with Gasteiger partial charge in [-0.15, -0.1) is 11.8 Å². The third-order valence-electron chi connectivity index (χ3n) is 3.34. The highest BCUT2D eigenvalue weighted by Crippen LogP contribution is 2.24. The molecular formula is C18H15NO4S. The van der Waals surface area contributed by atoms with Crippen LogP contribution in [-0.2, 0) is 9.53 Å². The van der Waals surface area contributed by atoms with Crippen LogP contribution in [0.25, 0.3) is 11.0 Å². The molecule has 1 amide bonds. The second-order valence-electron chi connectivity index (χ2n) is 4.97. The van der Waals surface area contributed by atoms with E-state index in [1.807, 2.05) is 42.7 Å². The minimum absolute atomic E-state index is 0.0773. The Balaban J connectivity index is 1.60. The SMILES string of the molecule is CSc1ccccc1NC(=O)COC(=O)c1cc2ccccc2o1. The Kier molecular flexibility index (Phi) is 4.86. The molecule has 0 atom stereocenters. The zero-order chi connectivity index (χ0) is 16.9. The van der Waals surface area contributed by atoms with Crippen LogP contribution < -0.4 is 5.32 Å². The van der Waals surface area contributed by atoms with Gasteiger partial charge in [-0.25, -0.2) is 4.79 Å². The average molecular weight is 341 g/mol. The number of esters is 1. The zero-order valence-electron chi connectivity index (χ0n) is 12.9. The summed E-state index contributed by atoms with van der Waals surface area (Å²) in [6.45, 7) is -0.376. The van der Waals surface area contributed by atoms with Gasteiger partial charge in [0.2, 0.25) is 5.76 Å². The summed E-state index contributed by atoms with van der Waals surface area (Å²) in [6.07, 6.45) is 1.92. The Labute approximate surface area is 143 Å². The van der Waals surface area contributed by atoms with Crippen molar-refractivity contribution in [2.45, 2.75) is 4.90 Å². The van der Waals surface area contributed by atoms with Gasteiger partial charge in [0, 0.05) is 10.3 Å². The minimum atomic E-state index is -0.667. The largest absolute Gasteiger partial charge is 0.450 e. The van der Waals surface area contributed by atoms with Crippen LogP contribution in [0.3, 0.4) is 0 Å². The van der Waals surface area contributed by atoms with Gasteiger partial charge < -0.3 is 14.5 Å². The lowest BCUT2D eigenvalue weighted by Crippen LogP contribution is -2.21. The van der Waals surface area contributed by atoms with E-state index in [9.17, 15) is 9.59 Å². The molecule has 0 fully saturated rings. The first-order valence-electron chi connectivity index (χ1n) is 7.26. The van der Waals surface area contributed by atoms with Gasteiger partial charge in [0.05, 0.1) is 5.69 Å². The average Bonchev–Trinajstić information content (AvgIpc) is 3.04. The van der Waals surface area contributed by atoms with Gasteiger partial charge in [0.25, 0.3) is 5.91 Å². The topological polar surface area (TPSA) is 68.5 Å². The molecule has 0 aliphatic heterocycles. The number of furan rings is 1. The fourth-order valence-electron chi connectivity index (χ4n) is 2.22. The first-order chi connectivity index (χ1) is 11.7. The monoisotopic (exact) mass is 341 g/mol. The standard InChI is InChI=1S/C18H15NO4S/c1-24-16-9-5-3-7-13(16)19-17(20)11-22-18(21)15-10-12-6-2-4-8-14(12)23-15/h2-10H,11H2,1H3,(H,19,20). The molecule has 0 bridgehead atoms. The third kappa shape index (κ3) is 3.60. The molecule has 0 saturated carbocycles. The number of hydrogen-bond donors (Lipinski definition) is 1. The number of thioether (sulfide) groups is 1. The number of carbonyl (C=O) groups is 2. The van der Waals surface area contributed by atoms with Crippen molar-refractivity contribution < 1.29 is 18.7 Å². The van der Waals surface area contributed by atoms with Gasteiger partial charge in [-0.1, -0.05) is 30.3 Å². The summed E-state index contributed by atoms with van der Waals surface area (Å²) in [5.74, 6) is -0.992. The van der Waals surface area contributed by atoms with Crippen molar-refractivity contribution in [3.63, 3.8) is 0 Å². The third-order valence-corrected chi connectivity index (χ3v) is 4.14. The quantitative estimate of drug-likeness (QED) is 0.562. The maximum atomic E-state index is 12.0. The van der Waals surface area contributed by atoms with E-state index in [2.05, 4.69) is 5.32 Å². The molecule has 122 valence electrons. The van der Waals surface area contributed by atoms with Crippen LogP contribution in [-0.4, -0.2) is 24.7 Å². The van der Waals surface area contributed by atoms with Gasteiger partial charge in [-0.3, -0.25) is 4.79 Å². The number of fused-ring (bicyclic) bond motifs is 1. The van der Waals surface area contributed by atoms with Crippen LogP contribution in [0.4, 0.5) is 5.69 Å². The van der Waals surface area contributed by atoms with E-state index in [0.29, 0.717) is 11.3 Å².